The van der Waals surface area contributed by atoms with E-state index in [-0.39, 0.29) is 0 Å². The Balaban J connectivity index is 3.09. The molecule has 0 radical (unpaired) electrons. The molecule has 0 bridgehead atoms. The molecular formula is C8H7N3. The fraction of sp³-hybridized carbons (Fsp3) is 0. The van der Waals surface area contributed by atoms with Crippen LogP contribution < -0.4 is 5.36 Å². The number of nitrogens with zero attached hydrogens (tertiary/aromatic N) is 1. The fourth-order valence-corrected chi connectivity index (χ4v) is 1.03. The minimum atomic E-state index is 0.450. The molecule has 54 valence electrons. The van der Waals surface area contributed by atoms with Crippen molar-refractivity contribution in [2.45, 2.75) is 0 Å². The van der Waals surface area contributed by atoms with Gasteiger partial charge in [-0.1, -0.05) is 12.1 Å². The van der Waals surface area contributed by atoms with Gasteiger partial charge in [-0.25, -0.2) is 4.98 Å². The molecule has 2 aromatic rings. The Labute approximate surface area is 63.2 Å². The van der Waals surface area contributed by atoms with Crippen LogP contribution in [-0.2, 0) is 0 Å². The van der Waals surface area contributed by atoms with Crippen LogP contribution in [0.25, 0.3) is 11.0 Å². The molecule has 0 aliphatic heterocycles. The molecule has 0 aliphatic rings. The summed E-state index contributed by atoms with van der Waals surface area (Å²) in [5.74, 6) is 0. The van der Waals surface area contributed by atoms with Crippen molar-refractivity contribution < 1.29 is 0 Å². The highest BCUT2D eigenvalue weighted by atomic mass is 14.9. The van der Waals surface area contributed by atoms with Crippen LogP contribution in [0.2, 0.25) is 0 Å². The summed E-state index contributed by atoms with van der Waals surface area (Å²) < 4.78 is 0. The zero-order valence-electron chi connectivity index (χ0n) is 5.83. The van der Waals surface area contributed by atoms with Gasteiger partial charge in [0.25, 0.3) is 0 Å². The van der Waals surface area contributed by atoms with Crippen molar-refractivity contribution >= 4 is 11.0 Å². The van der Waals surface area contributed by atoms with Crippen LogP contribution in [0.5, 0.6) is 0 Å². The molecular weight excluding hydrogens is 138 g/mol. The summed E-state index contributed by atoms with van der Waals surface area (Å²) in [6.07, 6.45) is 1.60. The van der Waals surface area contributed by atoms with Crippen molar-refractivity contribution in [2.75, 3.05) is 0 Å². The Morgan fingerprint density at radius 2 is 2.09 bits per heavy atom. The van der Waals surface area contributed by atoms with E-state index in [1.54, 1.807) is 12.4 Å². The van der Waals surface area contributed by atoms with Gasteiger partial charge in [0.2, 0.25) is 0 Å². The Bertz CT molecular complexity index is 430. The van der Waals surface area contributed by atoms with Crippen LogP contribution in [0.15, 0.2) is 30.6 Å². The lowest BCUT2D eigenvalue weighted by molar-refractivity contribution is 1.27. The summed E-state index contributed by atoms with van der Waals surface area (Å²) in [6.45, 7) is 0. The summed E-state index contributed by atoms with van der Waals surface area (Å²) in [5.41, 5.74) is 1.62. The number of aromatic nitrogens is 2. The Hall–Kier alpha value is -1.64. The summed E-state index contributed by atoms with van der Waals surface area (Å²) in [7, 11) is 0. The van der Waals surface area contributed by atoms with E-state index in [0.717, 1.165) is 11.0 Å². The quantitative estimate of drug-likeness (QED) is 0.571. The van der Waals surface area contributed by atoms with Gasteiger partial charge >= 0.3 is 0 Å². The Morgan fingerprint density at radius 1 is 1.27 bits per heavy atom. The number of aromatic amines is 1. The van der Waals surface area contributed by atoms with Gasteiger partial charge in [-0.3, -0.25) is 5.41 Å². The van der Waals surface area contributed by atoms with Crippen LogP contribution in [0, 0.1) is 5.41 Å². The van der Waals surface area contributed by atoms with Gasteiger partial charge < -0.3 is 4.98 Å². The van der Waals surface area contributed by atoms with E-state index in [2.05, 4.69) is 9.97 Å². The predicted octanol–water partition coefficient (Wildman–Crippen LogP) is 1.04. The molecule has 3 heteroatoms. The van der Waals surface area contributed by atoms with E-state index in [9.17, 15) is 0 Å². The lowest BCUT2D eigenvalue weighted by Crippen LogP contribution is -1.94. The summed E-state index contributed by atoms with van der Waals surface area (Å²) in [6, 6.07) is 7.35. The molecule has 11 heavy (non-hydrogen) atoms. The lowest BCUT2D eigenvalue weighted by atomic mass is 10.4. The number of hydrogen-bond acceptors (Lipinski definition) is 2. The second kappa shape index (κ2) is 2.20. The summed E-state index contributed by atoms with van der Waals surface area (Å²) >= 11 is 0. The topological polar surface area (TPSA) is 52.5 Å². The molecule has 0 atom stereocenters. The second-order valence-electron chi connectivity index (χ2n) is 2.30. The van der Waals surface area contributed by atoms with E-state index in [1.165, 1.54) is 0 Å². The van der Waals surface area contributed by atoms with Crippen molar-refractivity contribution in [3.05, 3.63) is 36.0 Å². The first-order chi connectivity index (χ1) is 5.38. The van der Waals surface area contributed by atoms with Crippen LogP contribution in [0.4, 0.5) is 0 Å². The van der Waals surface area contributed by atoms with Gasteiger partial charge in [0, 0.05) is 0 Å². The Kier molecular flexibility index (Phi) is 1.22. The summed E-state index contributed by atoms with van der Waals surface area (Å²) in [4.78, 5) is 6.96. The molecule has 0 saturated heterocycles. The van der Waals surface area contributed by atoms with Crippen molar-refractivity contribution in [3.8, 4) is 0 Å². The van der Waals surface area contributed by atoms with E-state index in [1.807, 2.05) is 18.2 Å². The van der Waals surface area contributed by atoms with Gasteiger partial charge in [0.05, 0.1) is 17.2 Å². The van der Waals surface area contributed by atoms with Crippen molar-refractivity contribution in [2.24, 2.45) is 0 Å². The maximum atomic E-state index is 7.52. The predicted molar refractivity (Wildman–Crippen MR) is 41.9 cm³/mol. The number of nitrogens with one attached hydrogen (secondary N) is 2. The number of fused-ring (bicyclic) bond motifs is 1. The van der Waals surface area contributed by atoms with Crippen molar-refractivity contribution in [1.82, 2.24) is 9.97 Å². The zero-order chi connectivity index (χ0) is 7.68. The molecule has 1 aromatic carbocycles. The second-order valence-corrected chi connectivity index (χ2v) is 2.30. The first-order valence-electron chi connectivity index (χ1n) is 3.35. The lowest BCUT2D eigenvalue weighted by Gasteiger charge is -1.74. The average molecular weight is 145 g/mol. The van der Waals surface area contributed by atoms with E-state index in [0.29, 0.717) is 5.36 Å². The van der Waals surface area contributed by atoms with Crippen LogP contribution >= 0.6 is 0 Å². The monoisotopic (exact) mass is 145 g/mol. The molecule has 0 unspecified atom stereocenters. The van der Waals surface area contributed by atoms with Gasteiger partial charge in [0.1, 0.15) is 5.52 Å². The third-order valence-corrected chi connectivity index (χ3v) is 1.56. The van der Waals surface area contributed by atoms with Gasteiger partial charge in [-0.05, 0) is 12.1 Å². The van der Waals surface area contributed by atoms with Crippen molar-refractivity contribution in [1.29, 1.82) is 5.41 Å². The first kappa shape index (κ1) is 6.09. The zero-order valence-corrected chi connectivity index (χ0v) is 5.83. The molecule has 0 aliphatic carbocycles. The third kappa shape index (κ3) is 0.902. The number of imidazole rings is 1. The molecule has 3 nitrogen and oxygen atoms in total. The highest BCUT2D eigenvalue weighted by Crippen LogP contribution is 1.99. The fourth-order valence-electron chi connectivity index (χ4n) is 1.03. The molecule has 0 amide bonds. The molecule has 1 heterocycles. The molecule has 0 saturated carbocycles. The number of H-pyrrole nitrogens is 1. The van der Waals surface area contributed by atoms with Crippen molar-refractivity contribution in [3.63, 3.8) is 0 Å². The Morgan fingerprint density at radius 3 is 3.00 bits per heavy atom. The normalized spacial score (nSPS) is 10.2. The van der Waals surface area contributed by atoms with Crippen LogP contribution in [-0.4, -0.2) is 9.97 Å². The molecule has 0 fully saturated rings. The minimum Gasteiger partial charge on any atom is -0.345 e. The van der Waals surface area contributed by atoms with Gasteiger partial charge in [0.15, 0.2) is 0 Å². The number of rotatable bonds is 0. The maximum absolute atomic E-state index is 7.52. The van der Waals surface area contributed by atoms with Gasteiger partial charge in [-0.2, -0.15) is 0 Å². The standard InChI is InChI=1S/C8H7N3/c9-6-3-1-2-4-7-8(6)11-5-10-7/h1-5,9H,(H,10,11). The van der Waals surface area contributed by atoms with E-state index < -0.39 is 0 Å². The maximum Gasteiger partial charge on any atom is 0.113 e. The average Bonchev–Trinajstić information content (AvgIpc) is 2.40. The third-order valence-electron chi connectivity index (χ3n) is 1.56. The van der Waals surface area contributed by atoms with Gasteiger partial charge in [-0.15, -0.1) is 0 Å². The molecule has 2 N–H and O–H groups in total. The van der Waals surface area contributed by atoms with Crippen LogP contribution in [0.3, 0.4) is 0 Å². The highest BCUT2D eigenvalue weighted by Gasteiger charge is 1.92. The smallest absolute Gasteiger partial charge is 0.113 e. The first-order valence-corrected chi connectivity index (χ1v) is 3.35. The summed E-state index contributed by atoms with van der Waals surface area (Å²) in [5, 5.41) is 7.97. The minimum absolute atomic E-state index is 0.450. The molecule has 2 rings (SSSR count). The number of hydrogen-bond donors (Lipinski definition) is 2. The molecule has 0 spiro atoms. The highest BCUT2D eigenvalue weighted by molar-refractivity contribution is 5.72. The largest absolute Gasteiger partial charge is 0.345 e. The van der Waals surface area contributed by atoms with Crippen LogP contribution in [0.1, 0.15) is 0 Å². The molecule has 1 aromatic heterocycles. The van der Waals surface area contributed by atoms with E-state index >= 15 is 0 Å². The van der Waals surface area contributed by atoms with E-state index in [4.69, 9.17) is 5.41 Å². The SMILES string of the molecule is N=c1ccccc2[nH]cnc12.